The van der Waals surface area contributed by atoms with E-state index in [2.05, 4.69) is 0 Å². The van der Waals surface area contributed by atoms with Crippen molar-refractivity contribution in [1.29, 1.82) is 0 Å². The molecule has 0 unspecified atom stereocenters. The summed E-state index contributed by atoms with van der Waals surface area (Å²) in [6.45, 7) is 0. The van der Waals surface area contributed by atoms with Gasteiger partial charge in [-0.05, 0) is 23.3 Å². The fourth-order valence-corrected chi connectivity index (χ4v) is 8.69. The molecule has 4 aliphatic carbocycles. The van der Waals surface area contributed by atoms with E-state index in [9.17, 15) is 24.3 Å². The van der Waals surface area contributed by atoms with Crippen LogP contribution in [0.2, 0.25) is 0 Å². The number of ether oxygens (including phenoxy) is 3. The summed E-state index contributed by atoms with van der Waals surface area (Å²) in [5.74, 6) is -4.59. The predicted molar refractivity (Wildman–Crippen MR) is 147 cm³/mol. The maximum absolute atomic E-state index is 14.7. The third kappa shape index (κ3) is 3.35. The van der Waals surface area contributed by atoms with Crippen LogP contribution < -0.4 is 0 Å². The van der Waals surface area contributed by atoms with Crippen LogP contribution in [0.4, 0.5) is 0 Å². The van der Waals surface area contributed by atoms with Crippen LogP contribution in [0, 0.1) is 35.0 Å². The van der Waals surface area contributed by atoms with Gasteiger partial charge in [-0.3, -0.25) is 19.2 Å². The summed E-state index contributed by atoms with van der Waals surface area (Å²) in [6, 6.07) is 18.8. The number of fused-ring (bicyclic) bond motifs is 1. The van der Waals surface area contributed by atoms with Crippen molar-refractivity contribution in [3.8, 4) is 0 Å². The van der Waals surface area contributed by atoms with E-state index in [0.717, 1.165) is 11.1 Å². The number of aliphatic hydroxyl groups excluding tert-OH is 1. The lowest BCUT2D eigenvalue weighted by molar-refractivity contribution is -0.197. The number of carbonyl (C=O) groups excluding carboxylic acids is 4. The monoisotopic (exact) mass is 564 g/mol. The number of allylic oxidation sites excluding steroid dienone is 2. The van der Waals surface area contributed by atoms with Crippen LogP contribution >= 0.6 is 0 Å². The summed E-state index contributed by atoms with van der Waals surface area (Å²) < 4.78 is 18.2. The van der Waals surface area contributed by atoms with Crippen LogP contribution in [0.1, 0.15) is 36.5 Å². The number of esters is 2. The smallest absolute Gasteiger partial charge is 0.306 e. The van der Waals surface area contributed by atoms with Crippen LogP contribution in [0.25, 0.3) is 6.08 Å². The Labute approximate surface area is 241 Å². The maximum Gasteiger partial charge on any atom is 0.306 e. The molecule has 7 aliphatic rings. The Morgan fingerprint density at radius 1 is 0.833 bits per heavy atom. The summed E-state index contributed by atoms with van der Waals surface area (Å²) in [5, 5.41) is 11.4. The molecule has 42 heavy (non-hydrogen) atoms. The van der Waals surface area contributed by atoms with Gasteiger partial charge >= 0.3 is 11.9 Å². The first kappa shape index (κ1) is 25.3. The van der Waals surface area contributed by atoms with Gasteiger partial charge < -0.3 is 19.3 Å². The summed E-state index contributed by atoms with van der Waals surface area (Å²) in [6.07, 6.45) is 3.09. The molecule has 1 spiro atoms. The van der Waals surface area contributed by atoms with E-state index >= 15 is 0 Å². The van der Waals surface area contributed by atoms with Gasteiger partial charge in [0, 0.05) is 41.6 Å². The first-order valence-electron chi connectivity index (χ1n) is 14.4. The van der Waals surface area contributed by atoms with Gasteiger partial charge in [-0.25, -0.2) is 0 Å². The quantitative estimate of drug-likeness (QED) is 0.331. The number of aliphatic hydroxyl groups is 1. The highest BCUT2D eigenvalue weighted by Crippen LogP contribution is 2.70. The lowest BCUT2D eigenvalue weighted by atomic mass is 9.41. The van der Waals surface area contributed by atoms with Gasteiger partial charge in [0.2, 0.25) is 0 Å². The topological polar surface area (TPSA) is 116 Å². The van der Waals surface area contributed by atoms with E-state index in [1.165, 1.54) is 6.08 Å². The molecule has 212 valence electrons. The molecule has 2 aromatic rings. The average Bonchev–Trinajstić information content (AvgIpc) is 3.59. The first-order chi connectivity index (χ1) is 20.4. The van der Waals surface area contributed by atoms with Gasteiger partial charge in [0.25, 0.3) is 0 Å². The molecule has 5 fully saturated rings. The molecule has 3 aliphatic heterocycles. The van der Waals surface area contributed by atoms with Crippen molar-refractivity contribution in [3.05, 3.63) is 101 Å². The zero-order valence-electron chi connectivity index (χ0n) is 22.6. The zero-order chi connectivity index (χ0) is 28.7. The van der Waals surface area contributed by atoms with E-state index in [1.54, 1.807) is 6.08 Å². The lowest BCUT2D eigenvalue weighted by Gasteiger charge is -2.62. The molecule has 3 saturated heterocycles. The summed E-state index contributed by atoms with van der Waals surface area (Å²) >= 11 is 0. The largest absolute Gasteiger partial charge is 0.508 e. The SMILES string of the molecule is O=C1C[C@@H]2/C(=C(O)\C=C\c3ccccc3)C(=O)[C@@H]3[C@@H]([C@@H]4C=C5O[C@H](c6ccccc6)CC(=O)[C@@]53[C@H]3CC(=O)O[C@@H]43)[C@@H]2O1. The second kappa shape index (κ2) is 9.02. The Hall–Kier alpha value is -4.46. The lowest BCUT2D eigenvalue weighted by Crippen LogP contribution is -2.69. The van der Waals surface area contributed by atoms with Crippen LogP contribution in [-0.2, 0) is 33.4 Å². The number of carbonyl (C=O) groups is 4. The Balaban J connectivity index is 1.28. The summed E-state index contributed by atoms with van der Waals surface area (Å²) in [4.78, 5) is 54.7. The van der Waals surface area contributed by atoms with Crippen molar-refractivity contribution in [1.82, 2.24) is 0 Å². The molecule has 9 rings (SSSR count). The highest BCUT2D eigenvalue weighted by Gasteiger charge is 2.77. The van der Waals surface area contributed by atoms with E-state index in [-0.39, 0.29) is 36.4 Å². The van der Waals surface area contributed by atoms with Gasteiger partial charge in [-0.1, -0.05) is 66.7 Å². The van der Waals surface area contributed by atoms with Crippen LogP contribution in [0.5, 0.6) is 0 Å². The molecule has 3 heterocycles. The van der Waals surface area contributed by atoms with Crippen molar-refractivity contribution in [2.24, 2.45) is 35.0 Å². The first-order valence-corrected chi connectivity index (χ1v) is 14.4. The number of hydrogen-bond acceptors (Lipinski definition) is 8. The standard InChI is InChI=1S/C34H28O8/c35-22(12-11-17-7-3-1-4-8-17)28-20-14-26(37)42-33(20)29-19-13-25-34(30(29)31(28)39,21-15-27(38)41-32(19)21)24(36)16-23(40-25)18-9-5-2-6-10-18/h1-13,19-21,23,29-30,32-33,35H,14-16H2/b12-11+,28-22-/t19-,20+,21-,23-,29+,30-,32-,33+,34-/m0/s1. The molecule has 0 amide bonds. The predicted octanol–water partition coefficient (Wildman–Crippen LogP) is 4.43. The number of ketones is 2. The summed E-state index contributed by atoms with van der Waals surface area (Å²) in [5.41, 5.74) is 0.320. The van der Waals surface area contributed by atoms with Crippen LogP contribution in [-0.4, -0.2) is 40.8 Å². The van der Waals surface area contributed by atoms with Gasteiger partial charge in [0.1, 0.15) is 35.2 Å². The Bertz CT molecular complexity index is 1620. The van der Waals surface area contributed by atoms with Crippen molar-refractivity contribution in [2.45, 2.75) is 37.6 Å². The van der Waals surface area contributed by atoms with Gasteiger partial charge in [0.05, 0.1) is 12.8 Å². The van der Waals surface area contributed by atoms with Crippen molar-refractivity contribution < 1.29 is 38.5 Å². The average molecular weight is 565 g/mol. The third-order valence-electron chi connectivity index (χ3n) is 10.2. The molecule has 2 saturated carbocycles. The second-order valence-electron chi connectivity index (χ2n) is 12.1. The molecule has 8 heteroatoms. The van der Waals surface area contributed by atoms with E-state index in [1.807, 2.05) is 66.7 Å². The molecular weight excluding hydrogens is 536 g/mol. The summed E-state index contributed by atoms with van der Waals surface area (Å²) in [7, 11) is 0. The van der Waals surface area contributed by atoms with Crippen molar-refractivity contribution in [2.75, 3.05) is 0 Å². The normalized spacial score (nSPS) is 39.0. The molecule has 1 N–H and O–H groups in total. The number of Topliss-reactive ketones (excluding diaryl/α,β-unsaturated/α-hetero) is 2. The van der Waals surface area contributed by atoms with Crippen LogP contribution in [0.3, 0.4) is 0 Å². The number of rotatable bonds is 3. The Morgan fingerprint density at radius 3 is 2.29 bits per heavy atom. The van der Waals surface area contributed by atoms with Crippen molar-refractivity contribution in [3.63, 3.8) is 0 Å². The highest BCUT2D eigenvalue weighted by atomic mass is 16.6. The Kier molecular flexibility index (Phi) is 5.42. The molecule has 0 radical (unpaired) electrons. The minimum Gasteiger partial charge on any atom is -0.508 e. The molecule has 8 nitrogen and oxygen atoms in total. The number of hydrogen-bond donors (Lipinski definition) is 1. The minimum atomic E-state index is -1.45. The van der Waals surface area contributed by atoms with Gasteiger partial charge in [0.15, 0.2) is 11.6 Å². The fourth-order valence-electron chi connectivity index (χ4n) is 8.69. The van der Waals surface area contributed by atoms with Gasteiger partial charge in [-0.2, -0.15) is 0 Å². The second-order valence-corrected chi connectivity index (χ2v) is 12.1. The van der Waals surface area contributed by atoms with E-state index in [0.29, 0.717) is 5.76 Å². The molecule has 9 atom stereocenters. The molecule has 0 aromatic heterocycles. The fraction of sp³-hybridized carbons (Fsp3) is 0.353. The maximum atomic E-state index is 14.7. The van der Waals surface area contributed by atoms with Crippen LogP contribution in [0.15, 0.2) is 89.9 Å². The Morgan fingerprint density at radius 2 is 1.52 bits per heavy atom. The molecule has 2 aromatic carbocycles. The molecule has 2 bridgehead atoms. The van der Waals surface area contributed by atoms with Crippen molar-refractivity contribution >= 4 is 29.6 Å². The minimum absolute atomic E-state index is 0.00701. The van der Waals surface area contributed by atoms with E-state index < -0.39 is 71.0 Å². The number of benzene rings is 2. The highest BCUT2D eigenvalue weighted by molar-refractivity contribution is 6.07. The zero-order valence-corrected chi connectivity index (χ0v) is 22.6. The molecular formula is C34H28O8. The third-order valence-corrected chi connectivity index (χ3v) is 10.2. The van der Waals surface area contributed by atoms with Gasteiger partial charge in [-0.15, -0.1) is 0 Å². The van der Waals surface area contributed by atoms with E-state index in [4.69, 9.17) is 14.2 Å².